The number of amides is 1. The van der Waals surface area contributed by atoms with Crippen molar-refractivity contribution in [1.82, 2.24) is 14.5 Å². The molecule has 0 spiro atoms. The van der Waals surface area contributed by atoms with Gasteiger partial charge >= 0.3 is 0 Å². The van der Waals surface area contributed by atoms with E-state index >= 15 is 0 Å². The molecule has 0 atom stereocenters. The molecule has 1 heterocycles. The first-order valence-electron chi connectivity index (χ1n) is 8.55. The van der Waals surface area contributed by atoms with Crippen LogP contribution in [0.4, 0.5) is 0 Å². The molecule has 25 heavy (non-hydrogen) atoms. The maximum atomic E-state index is 12.9. The molecule has 0 bridgehead atoms. The lowest BCUT2D eigenvalue weighted by molar-refractivity contribution is 0.0951. The van der Waals surface area contributed by atoms with Crippen molar-refractivity contribution < 1.29 is 13.2 Å². The molecule has 8 heteroatoms. The Bertz CT molecular complexity index is 699. The number of nitrogens with zero attached hydrogens (tertiary/aromatic N) is 2. The highest BCUT2D eigenvalue weighted by Crippen LogP contribution is 2.24. The van der Waals surface area contributed by atoms with Crippen molar-refractivity contribution in [2.45, 2.75) is 30.6 Å². The Morgan fingerprint density at radius 3 is 2.44 bits per heavy atom. The van der Waals surface area contributed by atoms with Gasteiger partial charge in [0.05, 0.1) is 15.5 Å². The highest BCUT2D eigenvalue weighted by atomic mass is 35.5. The quantitative estimate of drug-likeness (QED) is 0.812. The molecule has 0 aromatic heterocycles. The fraction of sp³-hybridized carbons (Fsp3) is 0.588. The van der Waals surface area contributed by atoms with E-state index < -0.39 is 10.0 Å². The van der Waals surface area contributed by atoms with Gasteiger partial charge in [-0.05, 0) is 45.1 Å². The van der Waals surface area contributed by atoms with Crippen molar-refractivity contribution in [2.24, 2.45) is 0 Å². The van der Waals surface area contributed by atoms with Crippen molar-refractivity contribution in [3.63, 3.8) is 0 Å². The summed E-state index contributed by atoms with van der Waals surface area (Å²) in [5.41, 5.74) is 0.191. The fourth-order valence-corrected chi connectivity index (χ4v) is 4.51. The Hall–Kier alpha value is -1.15. The number of sulfonamides is 1. The second-order valence-corrected chi connectivity index (χ2v) is 8.86. The summed E-state index contributed by atoms with van der Waals surface area (Å²) in [6.07, 6.45) is 3.83. The summed E-state index contributed by atoms with van der Waals surface area (Å²) < 4.78 is 27.3. The minimum absolute atomic E-state index is 0.122. The number of nitrogens with one attached hydrogen (secondary N) is 1. The van der Waals surface area contributed by atoms with Crippen LogP contribution in [0.1, 0.15) is 36.0 Å². The van der Waals surface area contributed by atoms with Gasteiger partial charge in [-0.3, -0.25) is 4.79 Å². The van der Waals surface area contributed by atoms with Crippen molar-refractivity contribution in [3.8, 4) is 0 Å². The van der Waals surface area contributed by atoms with Crippen LogP contribution in [0, 0.1) is 0 Å². The van der Waals surface area contributed by atoms with Gasteiger partial charge in [-0.1, -0.05) is 24.4 Å². The summed E-state index contributed by atoms with van der Waals surface area (Å²) in [6, 6.07) is 4.33. The van der Waals surface area contributed by atoms with Gasteiger partial charge in [0.15, 0.2) is 0 Å². The van der Waals surface area contributed by atoms with Gasteiger partial charge in [0.25, 0.3) is 5.91 Å². The van der Waals surface area contributed by atoms with E-state index in [9.17, 15) is 13.2 Å². The summed E-state index contributed by atoms with van der Waals surface area (Å²) >= 11 is 6.11. The third-order valence-electron chi connectivity index (χ3n) is 4.23. The molecular formula is C17H26ClN3O3S. The van der Waals surface area contributed by atoms with Crippen molar-refractivity contribution in [1.29, 1.82) is 0 Å². The molecule has 1 amide bonds. The molecule has 0 radical (unpaired) electrons. The lowest BCUT2D eigenvalue weighted by Gasteiger charge is -2.20. The number of carbonyl (C=O) groups is 1. The van der Waals surface area contributed by atoms with Gasteiger partial charge in [0.2, 0.25) is 10.0 Å². The normalized spacial score (nSPS) is 16.6. The zero-order chi connectivity index (χ0) is 18.4. The third-order valence-corrected chi connectivity index (χ3v) is 6.45. The summed E-state index contributed by atoms with van der Waals surface area (Å²) in [7, 11) is 0.215. The highest BCUT2D eigenvalue weighted by molar-refractivity contribution is 7.89. The largest absolute Gasteiger partial charge is 0.351 e. The lowest BCUT2D eigenvalue weighted by atomic mass is 10.2. The molecule has 140 valence electrons. The first kappa shape index (κ1) is 20.2. The molecule has 0 unspecified atom stereocenters. The lowest BCUT2D eigenvalue weighted by Crippen LogP contribution is -2.33. The zero-order valence-electron chi connectivity index (χ0n) is 14.8. The van der Waals surface area contributed by atoms with E-state index in [0.717, 1.165) is 25.7 Å². The van der Waals surface area contributed by atoms with Crippen LogP contribution >= 0.6 is 11.6 Å². The molecule has 6 nitrogen and oxygen atoms in total. The number of carbonyl (C=O) groups excluding carboxylic acids is 1. The Labute approximate surface area is 155 Å². The maximum absolute atomic E-state index is 12.9. The van der Waals surface area contributed by atoms with E-state index in [0.29, 0.717) is 26.2 Å². The van der Waals surface area contributed by atoms with E-state index in [1.807, 2.05) is 19.0 Å². The summed E-state index contributed by atoms with van der Waals surface area (Å²) in [5, 5.41) is 3.01. The van der Waals surface area contributed by atoms with E-state index in [2.05, 4.69) is 5.32 Å². The Balaban J connectivity index is 2.20. The molecule has 1 aliphatic rings. The predicted octanol–water partition coefficient (Wildman–Crippen LogP) is 2.20. The first-order valence-corrected chi connectivity index (χ1v) is 10.4. The van der Waals surface area contributed by atoms with E-state index in [-0.39, 0.29) is 21.4 Å². The summed E-state index contributed by atoms with van der Waals surface area (Å²) in [4.78, 5) is 14.4. The monoisotopic (exact) mass is 387 g/mol. The van der Waals surface area contributed by atoms with E-state index in [1.165, 1.54) is 22.5 Å². The second-order valence-electron chi connectivity index (χ2n) is 6.52. The van der Waals surface area contributed by atoms with Crippen LogP contribution in [0.3, 0.4) is 0 Å². The van der Waals surface area contributed by atoms with Crippen molar-refractivity contribution in [3.05, 3.63) is 28.8 Å². The van der Waals surface area contributed by atoms with Gasteiger partial charge in [0.1, 0.15) is 0 Å². The Morgan fingerprint density at radius 1 is 1.20 bits per heavy atom. The number of hydrogen-bond acceptors (Lipinski definition) is 4. The molecule has 0 aliphatic carbocycles. The molecule has 0 saturated carbocycles. The minimum atomic E-state index is -3.61. The van der Waals surface area contributed by atoms with Gasteiger partial charge < -0.3 is 10.2 Å². The highest BCUT2D eigenvalue weighted by Gasteiger charge is 2.26. The molecule has 1 aromatic carbocycles. The molecule has 1 fully saturated rings. The molecule has 1 saturated heterocycles. The number of halogens is 1. The van der Waals surface area contributed by atoms with Crippen molar-refractivity contribution >= 4 is 27.5 Å². The van der Waals surface area contributed by atoms with E-state index in [1.54, 1.807) is 0 Å². The van der Waals surface area contributed by atoms with Gasteiger partial charge in [-0.15, -0.1) is 0 Å². The number of hydrogen-bond donors (Lipinski definition) is 1. The van der Waals surface area contributed by atoms with Crippen LogP contribution in [0.25, 0.3) is 0 Å². The topological polar surface area (TPSA) is 69.7 Å². The number of rotatable bonds is 6. The van der Waals surface area contributed by atoms with Crippen LogP contribution in [-0.2, 0) is 10.0 Å². The second kappa shape index (κ2) is 8.98. The predicted molar refractivity (Wildman–Crippen MR) is 99.6 cm³/mol. The SMILES string of the molecule is CN(C)CCNC(=O)c1cc(S(=O)(=O)N2CCCCCC2)ccc1Cl. The molecule has 1 aromatic rings. The van der Waals surface area contributed by atoms with Crippen LogP contribution in [0.2, 0.25) is 5.02 Å². The summed E-state index contributed by atoms with van der Waals surface area (Å²) in [6.45, 7) is 2.20. The standard InChI is InChI=1S/C17H26ClN3O3S/c1-20(2)12-9-19-17(22)15-13-14(7-8-16(15)18)25(23,24)21-10-5-3-4-6-11-21/h7-8,13H,3-6,9-12H2,1-2H3,(H,19,22). The smallest absolute Gasteiger partial charge is 0.252 e. The molecule has 1 aliphatic heterocycles. The minimum Gasteiger partial charge on any atom is -0.351 e. The van der Waals surface area contributed by atoms with Gasteiger partial charge in [-0.2, -0.15) is 4.31 Å². The molecule has 1 N–H and O–H groups in total. The van der Waals surface area contributed by atoms with E-state index in [4.69, 9.17) is 11.6 Å². The zero-order valence-corrected chi connectivity index (χ0v) is 16.4. The maximum Gasteiger partial charge on any atom is 0.252 e. The number of likely N-dealkylation sites (N-methyl/N-ethyl adjacent to an activating group) is 1. The average Bonchev–Trinajstić information content (AvgIpc) is 2.84. The first-order chi connectivity index (χ1) is 11.8. The average molecular weight is 388 g/mol. The van der Waals surface area contributed by atoms with Gasteiger partial charge in [0, 0.05) is 26.2 Å². The Morgan fingerprint density at radius 2 is 1.84 bits per heavy atom. The van der Waals surface area contributed by atoms with Gasteiger partial charge in [-0.25, -0.2) is 8.42 Å². The summed E-state index contributed by atoms with van der Waals surface area (Å²) in [5.74, 6) is -0.361. The van der Waals surface area contributed by atoms with Crippen LogP contribution in [-0.4, -0.2) is 63.8 Å². The molecular weight excluding hydrogens is 362 g/mol. The Kier molecular flexibility index (Phi) is 7.25. The van der Waals surface area contributed by atoms with Crippen molar-refractivity contribution in [2.75, 3.05) is 40.3 Å². The fourth-order valence-electron chi connectivity index (χ4n) is 2.76. The van der Waals surface area contributed by atoms with Crippen LogP contribution < -0.4 is 5.32 Å². The van der Waals surface area contributed by atoms with Crippen LogP contribution in [0.5, 0.6) is 0 Å². The molecule has 2 rings (SSSR count). The third kappa shape index (κ3) is 5.41. The number of benzene rings is 1. The van der Waals surface area contributed by atoms with Crippen LogP contribution in [0.15, 0.2) is 23.1 Å².